The quantitative estimate of drug-likeness (QED) is 0.706. The molecule has 0 unspecified atom stereocenters. The molecule has 0 atom stereocenters. The molecular formula is C13H33O3Si4. The summed E-state index contributed by atoms with van der Waals surface area (Å²) in [6.07, 6.45) is 1.17. The highest BCUT2D eigenvalue weighted by Gasteiger charge is 2.54. The summed E-state index contributed by atoms with van der Waals surface area (Å²) >= 11 is 0. The molecule has 0 aliphatic carbocycles. The molecule has 1 aliphatic rings. The van der Waals surface area contributed by atoms with E-state index in [1.54, 1.807) is 0 Å². The van der Waals surface area contributed by atoms with Gasteiger partial charge in [-0.2, -0.15) is 0 Å². The van der Waals surface area contributed by atoms with Crippen LogP contribution in [0.5, 0.6) is 0 Å². The van der Waals surface area contributed by atoms with Crippen molar-refractivity contribution in [1.82, 2.24) is 0 Å². The molecule has 1 fully saturated rings. The lowest BCUT2D eigenvalue weighted by atomic mass is 9.93. The lowest BCUT2D eigenvalue weighted by Gasteiger charge is -2.46. The van der Waals surface area contributed by atoms with E-state index in [2.05, 4.69) is 53.5 Å². The summed E-state index contributed by atoms with van der Waals surface area (Å²) < 4.78 is 12.5. The molecular weight excluding hydrogens is 316 g/mol. The molecule has 0 aromatic carbocycles. The van der Waals surface area contributed by atoms with Gasteiger partial charge in [-0.05, 0) is 44.2 Å². The molecule has 1 aliphatic heterocycles. The fourth-order valence-electron chi connectivity index (χ4n) is 2.97. The van der Waals surface area contributed by atoms with Crippen LogP contribution in [0.3, 0.4) is 0 Å². The zero-order valence-corrected chi connectivity index (χ0v) is 18.6. The topological polar surface area (TPSA) is 38.7 Å². The van der Waals surface area contributed by atoms with E-state index >= 15 is 0 Å². The van der Waals surface area contributed by atoms with Crippen LogP contribution in [0, 0.1) is 5.41 Å². The molecule has 1 N–H and O–H groups in total. The summed E-state index contributed by atoms with van der Waals surface area (Å²) in [7, 11) is -6.38. The van der Waals surface area contributed by atoms with Gasteiger partial charge in [0.1, 0.15) is 0 Å². The molecule has 3 nitrogen and oxygen atoms in total. The van der Waals surface area contributed by atoms with Crippen molar-refractivity contribution < 1.29 is 13.0 Å². The van der Waals surface area contributed by atoms with Crippen molar-refractivity contribution in [2.45, 2.75) is 77.3 Å². The summed E-state index contributed by atoms with van der Waals surface area (Å²) in [5.41, 5.74) is 2.09. The third kappa shape index (κ3) is 6.25. The Morgan fingerprint density at radius 2 is 1.65 bits per heavy atom. The zero-order chi connectivity index (χ0) is 15.8. The van der Waals surface area contributed by atoms with Crippen molar-refractivity contribution >= 4 is 34.2 Å². The third-order valence-corrected chi connectivity index (χ3v) is 20.4. The molecule has 1 radical (unpaired) electrons. The first-order chi connectivity index (χ1) is 8.76. The number of hydrogen-bond acceptors (Lipinski definition) is 3. The number of hydrogen-bond donors (Lipinski definition) is 1. The maximum absolute atomic E-state index is 10.7. The van der Waals surface area contributed by atoms with E-state index in [-0.39, 0.29) is 0 Å². The fourth-order valence-corrected chi connectivity index (χ4v) is 21.7. The van der Waals surface area contributed by atoms with Crippen molar-refractivity contribution in [2.75, 3.05) is 0 Å². The molecule has 0 bridgehead atoms. The zero-order valence-electron chi connectivity index (χ0n) is 14.6. The van der Waals surface area contributed by atoms with Crippen LogP contribution < -0.4 is 0 Å². The van der Waals surface area contributed by atoms with Crippen molar-refractivity contribution in [3.8, 4) is 0 Å². The standard InChI is InChI=1S/C13H33O3Si4/c1-9-13(2,3)10-19(7,8)16-20(14)11-17(12-20)15-18(4,5)6/h14H,9-12H2,1-8H3. The van der Waals surface area contributed by atoms with Crippen LogP contribution in [0.1, 0.15) is 27.2 Å². The molecule has 0 saturated carbocycles. The highest BCUT2D eigenvalue weighted by atomic mass is 28.5. The second kappa shape index (κ2) is 6.09. The molecule has 1 heterocycles. The molecule has 20 heavy (non-hydrogen) atoms. The van der Waals surface area contributed by atoms with Gasteiger partial charge < -0.3 is 13.0 Å². The summed E-state index contributed by atoms with van der Waals surface area (Å²) in [5, 5.41) is 0. The minimum atomic E-state index is -2.40. The molecule has 0 aromatic rings. The molecule has 1 rings (SSSR count). The Kier molecular flexibility index (Phi) is 5.73. The molecule has 1 saturated heterocycles. The van der Waals surface area contributed by atoms with E-state index in [1.807, 2.05) is 0 Å². The largest absolute Gasteiger partial charge is 0.456 e. The second-order valence-corrected chi connectivity index (χ2v) is 24.1. The summed E-state index contributed by atoms with van der Waals surface area (Å²) in [4.78, 5) is 10.7. The smallest absolute Gasteiger partial charge is 0.323 e. The highest BCUT2D eigenvalue weighted by molar-refractivity contribution is 7.02. The van der Waals surface area contributed by atoms with E-state index in [0.29, 0.717) is 5.41 Å². The Morgan fingerprint density at radius 1 is 1.15 bits per heavy atom. The Morgan fingerprint density at radius 3 is 2.05 bits per heavy atom. The molecule has 0 spiro atoms. The second-order valence-electron chi connectivity index (χ2n) is 8.61. The van der Waals surface area contributed by atoms with Crippen LogP contribution in [-0.4, -0.2) is 39.0 Å². The average Bonchev–Trinajstić information content (AvgIpc) is 2.09. The lowest BCUT2D eigenvalue weighted by molar-refractivity contribution is 0.332. The van der Waals surface area contributed by atoms with Gasteiger partial charge in [0.05, 0.1) is 0 Å². The third-order valence-electron chi connectivity index (χ3n) is 3.72. The first-order valence-corrected chi connectivity index (χ1v) is 18.3. The van der Waals surface area contributed by atoms with E-state index in [0.717, 1.165) is 17.4 Å². The van der Waals surface area contributed by atoms with E-state index in [9.17, 15) is 4.80 Å². The van der Waals surface area contributed by atoms with Crippen LogP contribution in [0.2, 0.25) is 50.1 Å². The van der Waals surface area contributed by atoms with Crippen LogP contribution >= 0.6 is 0 Å². The van der Waals surface area contributed by atoms with Crippen molar-refractivity contribution in [3.05, 3.63) is 0 Å². The van der Waals surface area contributed by atoms with E-state index < -0.39 is 34.2 Å². The van der Waals surface area contributed by atoms with Gasteiger partial charge in [0.2, 0.25) is 9.04 Å². The maximum atomic E-state index is 10.7. The van der Waals surface area contributed by atoms with Gasteiger partial charge in [-0.1, -0.05) is 27.2 Å². The average molecular weight is 350 g/mol. The summed E-state index contributed by atoms with van der Waals surface area (Å²) in [6.45, 7) is 18.1. The van der Waals surface area contributed by atoms with Crippen LogP contribution in [0.25, 0.3) is 0 Å². The first-order valence-electron chi connectivity index (χ1n) is 7.72. The van der Waals surface area contributed by atoms with Gasteiger partial charge in [0.15, 0.2) is 16.6 Å². The van der Waals surface area contributed by atoms with Crippen molar-refractivity contribution in [3.63, 3.8) is 0 Å². The van der Waals surface area contributed by atoms with Gasteiger partial charge in [0, 0.05) is 11.3 Å². The van der Waals surface area contributed by atoms with Crippen molar-refractivity contribution in [2.24, 2.45) is 5.41 Å². The van der Waals surface area contributed by atoms with Crippen LogP contribution in [0.15, 0.2) is 0 Å². The Labute approximate surface area is 130 Å². The lowest BCUT2D eigenvalue weighted by Crippen LogP contribution is -2.63. The Bertz CT molecular complexity index is 333. The predicted molar refractivity (Wildman–Crippen MR) is 95.2 cm³/mol. The number of rotatable bonds is 7. The first kappa shape index (κ1) is 18.8. The summed E-state index contributed by atoms with van der Waals surface area (Å²) in [5.74, 6) is 0. The molecule has 0 amide bonds. The van der Waals surface area contributed by atoms with Gasteiger partial charge in [0.25, 0.3) is 0 Å². The minimum absolute atomic E-state index is 0.326. The monoisotopic (exact) mass is 349 g/mol. The van der Waals surface area contributed by atoms with Crippen LogP contribution in [0.4, 0.5) is 0 Å². The van der Waals surface area contributed by atoms with Crippen molar-refractivity contribution in [1.29, 1.82) is 0 Å². The van der Waals surface area contributed by atoms with Gasteiger partial charge in [-0.15, -0.1) is 0 Å². The highest BCUT2D eigenvalue weighted by Crippen LogP contribution is 2.39. The summed E-state index contributed by atoms with van der Waals surface area (Å²) in [6, 6.07) is 1.13. The molecule has 119 valence electrons. The van der Waals surface area contributed by atoms with Gasteiger partial charge >= 0.3 is 8.56 Å². The van der Waals surface area contributed by atoms with Gasteiger partial charge in [-0.3, -0.25) is 0 Å². The normalized spacial score (nSPS) is 20.9. The fraction of sp³-hybridized carbons (Fsp3) is 1.00. The van der Waals surface area contributed by atoms with E-state index in [1.165, 1.54) is 6.42 Å². The SMILES string of the molecule is CCC(C)(C)C[Si](C)(C)O[Si]1(O)C[Si](O[Si](C)(C)C)C1. The molecule has 0 aromatic heterocycles. The Balaban J connectivity index is 2.49. The minimum Gasteiger partial charge on any atom is -0.456 e. The Hall–Kier alpha value is 0.748. The van der Waals surface area contributed by atoms with E-state index in [4.69, 9.17) is 8.23 Å². The molecule has 7 heteroatoms. The van der Waals surface area contributed by atoms with Crippen LogP contribution in [-0.2, 0) is 8.23 Å². The predicted octanol–water partition coefficient (Wildman–Crippen LogP) is 4.01. The maximum Gasteiger partial charge on any atom is 0.323 e. The van der Waals surface area contributed by atoms with Gasteiger partial charge in [-0.25, -0.2) is 0 Å².